The number of benzene rings is 1. The highest BCUT2D eigenvalue weighted by molar-refractivity contribution is 8.00. The summed E-state index contributed by atoms with van der Waals surface area (Å²) in [6, 6.07) is 8.19. The monoisotopic (exact) mass is 250 g/mol. The molecule has 1 aromatic carbocycles. The highest BCUT2D eigenvalue weighted by Crippen LogP contribution is 2.28. The molecule has 92 valence electrons. The van der Waals surface area contributed by atoms with Crippen LogP contribution in [0, 0.1) is 0 Å². The van der Waals surface area contributed by atoms with Gasteiger partial charge < -0.3 is 10.6 Å². The van der Waals surface area contributed by atoms with E-state index in [0.717, 1.165) is 5.69 Å². The van der Waals surface area contributed by atoms with Gasteiger partial charge in [-0.3, -0.25) is 4.79 Å². The number of thioether (sulfide) groups is 1. The normalized spacial score (nSPS) is 23.4. The van der Waals surface area contributed by atoms with E-state index in [-0.39, 0.29) is 5.91 Å². The molecule has 2 unspecified atom stereocenters. The lowest BCUT2D eigenvalue weighted by Crippen LogP contribution is -2.25. The molecular formula is C13H18N2OS. The molecule has 1 saturated heterocycles. The largest absolute Gasteiger partial charge is 0.381 e. The minimum Gasteiger partial charge on any atom is -0.381 e. The first-order chi connectivity index (χ1) is 8.20. The van der Waals surface area contributed by atoms with Gasteiger partial charge in [-0.25, -0.2) is 0 Å². The quantitative estimate of drug-likeness (QED) is 0.865. The Morgan fingerprint density at radius 3 is 2.94 bits per heavy atom. The van der Waals surface area contributed by atoms with Crippen LogP contribution in [0.2, 0.25) is 0 Å². The van der Waals surface area contributed by atoms with Crippen molar-refractivity contribution in [3.63, 3.8) is 0 Å². The number of amides is 1. The van der Waals surface area contributed by atoms with Crippen LogP contribution in [0.5, 0.6) is 0 Å². The van der Waals surface area contributed by atoms with Gasteiger partial charge in [-0.05, 0) is 30.4 Å². The summed E-state index contributed by atoms with van der Waals surface area (Å²) in [6.45, 7) is 2.25. The SMILES string of the molecule is CNC(=O)c1cccc(NC2CCSC2C)c1. The number of carbonyl (C=O) groups excluding carboxylic acids is 1. The third kappa shape index (κ3) is 2.94. The first kappa shape index (κ1) is 12.3. The van der Waals surface area contributed by atoms with Gasteiger partial charge in [-0.1, -0.05) is 13.0 Å². The zero-order valence-corrected chi connectivity index (χ0v) is 11.0. The molecule has 0 radical (unpaired) electrons. The van der Waals surface area contributed by atoms with Crippen LogP contribution in [0.4, 0.5) is 5.69 Å². The summed E-state index contributed by atoms with van der Waals surface area (Å²) in [5, 5.41) is 6.79. The molecule has 3 nitrogen and oxygen atoms in total. The maximum absolute atomic E-state index is 11.5. The Bertz CT molecular complexity index is 408. The van der Waals surface area contributed by atoms with Crippen molar-refractivity contribution < 1.29 is 4.79 Å². The maximum atomic E-state index is 11.5. The van der Waals surface area contributed by atoms with Crippen molar-refractivity contribution in [2.45, 2.75) is 24.6 Å². The number of carbonyl (C=O) groups is 1. The van der Waals surface area contributed by atoms with Crippen molar-refractivity contribution in [2.75, 3.05) is 18.1 Å². The zero-order valence-electron chi connectivity index (χ0n) is 10.2. The smallest absolute Gasteiger partial charge is 0.251 e. The Hall–Kier alpha value is -1.16. The summed E-state index contributed by atoms with van der Waals surface area (Å²) >= 11 is 2.00. The fourth-order valence-electron chi connectivity index (χ4n) is 2.03. The van der Waals surface area contributed by atoms with E-state index in [9.17, 15) is 4.79 Å². The summed E-state index contributed by atoms with van der Waals surface area (Å²) in [6.07, 6.45) is 1.19. The lowest BCUT2D eigenvalue weighted by molar-refractivity contribution is 0.0963. The summed E-state index contributed by atoms with van der Waals surface area (Å²) < 4.78 is 0. The molecule has 4 heteroatoms. The van der Waals surface area contributed by atoms with Crippen LogP contribution in [0.1, 0.15) is 23.7 Å². The summed E-state index contributed by atoms with van der Waals surface area (Å²) in [5.74, 6) is 1.18. The van der Waals surface area contributed by atoms with Gasteiger partial charge in [0.2, 0.25) is 0 Å². The van der Waals surface area contributed by atoms with Crippen LogP contribution in [-0.2, 0) is 0 Å². The fourth-order valence-corrected chi connectivity index (χ4v) is 3.23. The standard InChI is InChI=1S/C13H18N2OS/c1-9-12(6-7-17-9)15-11-5-3-4-10(8-11)13(16)14-2/h3-5,8-9,12,15H,6-7H2,1-2H3,(H,14,16). The molecule has 1 amide bonds. The molecule has 2 atom stereocenters. The average Bonchev–Trinajstić information content (AvgIpc) is 2.74. The Balaban J connectivity index is 2.08. The Labute approximate surface area is 106 Å². The van der Waals surface area contributed by atoms with Gasteiger partial charge in [0.25, 0.3) is 5.91 Å². The van der Waals surface area contributed by atoms with Crippen molar-refractivity contribution in [3.05, 3.63) is 29.8 Å². The van der Waals surface area contributed by atoms with Gasteiger partial charge >= 0.3 is 0 Å². The Morgan fingerprint density at radius 1 is 1.47 bits per heavy atom. The van der Waals surface area contributed by atoms with Crippen molar-refractivity contribution in [1.29, 1.82) is 0 Å². The Kier molecular flexibility index (Phi) is 3.94. The van der Waals surface area contributed by atoms with E-state index in [1.54, 1.807) is 7.05 Å². The van der Waals surface area contributed by atoms with Crippen molar-refractivity contribution >= 4 is 23.4 Å². The first-order valence-corrected chi connectivity index (χ1v) is 6.96. The minimum atomic E-state index is -0.0394. The van der Waals surface area contributed by atoms with E-state index in [1.165, 1.54) is 12.2 Å². The molecule has 0 saturated carbocycles. The number of nitrogens with one attached hydrogen (secondary N) is 2. The van der Waals surface area contributed by atoms with Crippen LogP contribution >= 0.6 is 11.8 Å². The molecular weight excluding hydrogens is 232 g/mol. The highest BCUT2D eigenvalue weighted by atomic mass is 32.2. The maximum Gasteiger partial charge on any atom is 0.251 e. The van der Waals surface area contributed by atoms with Crippen molar-refractivity contribution in [2.24, 2.45) is 0 Å². The van der Waals surface area contributed by atoms with E-state index in [1.807, 2.05) is 36.0 Å². The van der Waals surface area contributed by atoms with Crippen LogP contribution in [0.25, 0.3) is 0 Å². The summed E-state index contributed by atoms with van der Waals surface area (Å²) in [7, 11) is 1.65. The minimum absolute atomic E-state index is 0.0394. The number of rotatable bonds is 3. The molecule has 17 heavy (non-hydrogen) atoms. The molecule has 0 aliphatic carbocycles. The molecule has 2 rings (SSSR count). The van der Waals surface area contributed by atoms with Crippen LogP contribution in [0.3, 0.4) is 0 Å². The third-order valence-corrected chi connectivity index (χ3v) is 4.41. The van der Waals surface area contributed by atoms with Crippen molar-refractivity contribution in [3.8, 4) is 0 Å². The molecule has 1 fully saturated rings. The second kappa shape index (κ2) is 5.45. The molecule has 2 N–H and O–H groups in total. The molecule has 0 bridgehead atoms. The van der Waals surface area contributed by atoms with E-state index in [0.29, 0.717) is 16.9 Å². The molecule has 0 aromatic heterocycles. The van der Waals surface area contributed by atoms with Crippen molar-refractivity contribution in [1.82, 2.24) is 5.32 Å². The van der Waals surface area contributed by atoms with Gasteiger partial charge in [0.05, 0.1) is 0 Å². The van der Waals surface area contributed by atoms with Crippen LogP contribution < -0.4 is 10.6 Å². The third-order valence-electron chi connectivity index (χ3n) is 3.08. The average molecular weight is 250 g/mol. The molecule has 1 aromatic rings. The van der Waals surface area contributed by atoms with Crippen LogP contribution in [-0.4, -0.2) is 30.0 Å². The van der Waals surface area contributed by atoms with Gasteiger partial charge in [0, 0.05) is 29.6 Å². The first-order valence-electron chi connectivity index (χ1n) is 5.91. The van der Waals surface area contributed by atoms with Gasteiger partial charge in [0.15, 0.2) is 0 Å². The van der Waals surface area contributed by atoms with E-state index in [4.69, 9.17) is 0 Å². The molecule has 0 spiro atoms. The van der Waals surface area contributed by atoms with E-state index < -0.39 is 0 Å². The topological polar surface area (TPSA) is 41.1 Å². The second-order valence-electron chi connectivity index (χ2n) is 4.28. The zero-order chi connectivity index (χ0) is 12.3. The van der Waals surface area contributed by atoms with Gasteiger partial charge in [-0.2, -0.15) is 11.8 Å². The predicted molar refractivity (Wildman–Crippen MR) is 73.8 cm³/mol. The number of hydrogen-bond donors (Lipinski definition) is 2. The second-order valence-corrected chi connectivity index (χ2v) is 5.76. The number of anilines is 1. The Morgan fingerprint density at radius 2 is 2.29 bits per heavy atom. The van der Waals surface area contributed by atoms with E-state index in [2.05, 4.69) is 17.6 Å². The number of hydrogen-bond acceptors (Lipinski definition) is 3. The molecule has 1 aliphatic heterocycles. The summed E-state index contributed by atoms with van der Waals surface area (Å²) in [4.78, 5) is 11.5. The van der Waals surface area contributed by atoms with Gasteiger partial charge in [-0.15, -0.1) is 0 Å². The van der Waals surface area contributed by atoms with Gasteiger partial charge in [0.1, 0.15) is 0 Å². The molecule has 1 heterocycles. The lowest BCUT2D eigenvalue weighted by Gasteiger charge is -2.18. The predicted octanol–water partition coefficient (Wildman–Crippen LogP) is 2.35. The summed E-state index contributed by atoms with van der Waals surface area (Å²) in [5.41, 5.74) is 1.74. The fraction of sp³-hybridized carbons (Fsp3) is 0.462. The lowest BCUT2D eigenvalue weighted by atomic mass is 10.1. The molecule has 1 aliphatic rings. The highest BCUT2D eigenvalue weighted by Gasteiger charge is 2.23. The van der Waals surface area contributed by atoms with Crippen LogP contribution in [0.15, 0.2) is 24.3 Å². The van der Waals surface area contributed by atoms with E-state index >= 15 is 0 Å².